The quantitative estimate of drug-likeness (QED) is 0.379. The van der Waals surface area contributed by atoms with Crippen molar-refractivity contribution < 1.29 is 9.47 Å². The molecule has 27 heavy (non-hydrogen) atoms. The molecule has 3 nitrogen and oxygen atoms in total. The highest BCUT2D eigenvalue weighted by molar-refractivity contribution is 7.97. The smallest absolute Gasteiger partial charge is 0.161 e. The van der Waals surface area contributed by atoms with Crippen molar-refractivity contribution in [2.24, 2.45) is 0 Å². The molecule has 1 heterocycles. The van der Waals surface area contributed by atoms with Crippen molar-refractivity contribution in [3.8, 4) is 22.1 Å². The molecule has 0 unspecified atom stereocenters. The summed E-state index contributed by atoms with van der Waals surface area (Å²) in [7, 11) is 1.65. The first kappa shape index (κ1) is 20.3. The Hall–Kier alpha value is -1.40. The lowest BCUT2D eigenvalue weighted by Crippen LogP contribution is -1.95. The van der Waals surface area contributed by atoms with E-state index in [-0.39, 0.29) is 0 Å². The van der Waals surface area contributed by atoms with Crippen LogP contribution in [-0.2, 0) is 11.5 Å². The number of thiazole rings is 1. The molecule has 7 heteroatoms. The van der Waals surface area contributed by atoms with E-state index in [1.54, 1.807) is 36.3 Å². The summed E-state index contributed by atoms with van der Waals surface area (Å²) in [5.41, 5.74) is 3.16. The Bertz CT molecular complexity index is 915. The predicted octanol–water partition coefficient (Wildman–Crippen LogP) is 6.96. The fraction of sp³-hybridized carbons (Fsp3) is 0.250. The van der Waals surface area contributed by atoms with Gasteiger partial charge in [-0.3, -0.25) is 0 Å². The summed E-state index contributed by atoms with van der Waals surface area (Å²) < 4.78 is 11.0. The number of nitrogens with zero attached hydrogens (tertiary/aromatic N) is 1. The zero-order valence-electron chi connectivity index (χ0n) is 15.0. The van der Waals surface area contributed by atoms with Gasteiger partial charge in [-0.1, -0.05) is 29.3 Å². The molecule has 0 bridgehead atoms. The minimum atomic E-state index is 0.603. The fourth-order valence-electron chi connectivity index (χ4n) is 2.49. The maximum absolute atomic E-state index is 6.23. The van der Waals surface area contributed by atoms with Gasteiger partial charge in [0, 0.05) is 32.5 Å². The van der Waals surface area contributed by atoms with Crippen LogP contribution in [-0.4, -0.2) is 18.7 Å². The minimum absolute atomic E-state index is 0.603. The summed E-state index contributed by atoms with van der Waals surface area (Å²) in [6.45, 7) is 2.56. The van der Waals surface area contributed by atoms with Crippen molar-refractivity contribution in [3.05, 3.63) is 63.1 Å². The molecule has 0 saturated carbocycles. The van der Waals surface area contributed by atoms with Crippen molar-refractivity contribution >= 4 is 46.3 Å². The van der Waals surface area contributed by atoms with Gasteiger partial charge in [-0.2, -0.15) is 11.8 Å². The van der Waals surface area contributed by atoms with Crippen LogP contribution in [0.1, 0.15) is 18.2 Å². The van der Waals surface area contributed by atoms with E-state index in [1.807, 2.05) is 37.3 Å². The number of hydrogen-bond acceptors (Lipinski definition) is 5. The molecule has 0 amide bonds. The molecular formula is C20H19Cl2NO2S2. The van der Waals surface area contributed by atoms with E-state index in [0.717, 1.165) is 44.8 Å². The molecular weight excluding hydrogens is 421 g/mol. The number of ether oxygens (including phenoxy) is 2. The van der Waals surface area contributed by atoms with Gasteiger partial charge in [-0.25, -0.2) is 4.98 Å². The lowest BCUT2D eigenvalue weighted by atomic mass is 10.2. The maximum Gasteiger partial charge on any atom is 0.161 e. The summed E-state index contributed by atoms with van der Waals surface area (Å²) in [4.78, 5) is 4.75. The first-order chi connectivity index (χ1) is 13.1. The normalized spacial score (nSPS) is 10.8. The Morgan fingerprint density at radius 2 is 1.93 bits per heavy atom. The van der Waals surface area contributed by atoms with E-state index in [9.17, 15) is 0 Å². The number of benzene rings is 2. The topological polar surface area (TPSA) is 31.4 Å². The minimum Gasteiger partial charge on any atom is -0.493 e. The van der Waals surface area contributed by atoms with Crippen LogP contribution in [0.2, 0.25) is 10.0 Å². The van der Waals surface area contributed by atoms with Gasteiger partial charge in [0.05, 0.1) is 19.4 Å². The number of aromatic nitrogens is 1. The number of hydrogen-bond donors (Lipinski definition) is 0. The van der Waals surface area contributed by atoms with Crippen molar-refractivity contribution in [2.45, 2.75) is 18.4 Å². The molecule has 3 aromatic rings. The van der Waals surface area contributed by atoms with Crippen molar-refractivity contribution in [2.75, 3.05) is 13.7 Å². The summed E-state index contributed by atoms with van der Waals surface area (Å²) in [6, 6.07) is 11.5. The Labute approximate surface area is 177 Å². The molecule has 0 atom stereocenters. The Morgan fingerprint density at radius 3 is 2.67 bits per heavy atom. The number of halogens is 2. The summed E-state index contributed by atoms with van der Waals surface area (Å²) in [5, 5.41) is 4.42. The van der Waals surface area contributed by atoms with Gasteiger partial charge in [0.25, 0.3) is 0 Å². The van der Waals surface area contributed by atoms with Crippen LogP contribution in [0.3, 0.4) is 0 Å². The molecule has 0 aliphatic rings. The van der Waals surface area contributed by atoms with Crippen molar-refractivity contribution in [1.29, 1.82) is 0 Å². The second kappa shape index (κ2) is 9.69. The summed E-state index contributed by atoms with van der Waals surface area (Å²) in [6.07, 6.45) is 0. The molecule has 0 radical (unpaired) electrons. The van der Waals surface area contributed by atoms with Crippen molar-refractivity contribution in [1.82, 2.24) is 4.98 Å². The first-order valence-corrected chi connectivity index (χ1v) is 11.2. The Kier molecular flexibility index (Phi) is 7.30. The van der Waals surface area contributed by atoms with E-state index in [0.29, 0.717) is 16.7 Å². The SMILES string of the molecule is CCOc1ccc(-c2nc(CSCc3ccc(Cl)cc3Cl)cs2)cc1OC. The molecule has 0 N–H and O–H groups in total. The summed E-state index contributed by atoms with van der Waals surface area (Å²) >= 11 is 15.6. The largest absolute Gasteiger partial charge is 0.493 e. The standard InChI is InChI=1S/C20H19Cl2NO2S2/c1-3-25-18-7-5-13(8-19(18)24-2)20-23-16(12-27-20)11-26-10-14-4-6-15(21)9-17(14)22/h4-9,12H,3,10-11H2,1-2H3. The second-order valence-electron chi connectivity index (χ2n) is 5.67. The van der Waals surface area contributed by atoms with Gasteiger partial charge in [0.15, 0.2) is 11.5 Å². The summed E-state index contributed by atoms with van der Waals surface area (Å²) in [5.74, 6) is 3.11. The second-order valence-corrected chi connectivity index (χ2v) is 8.36. The molecule has 2 aromatic carbocycles. The third-order valence-corrected chi connectivity index (χ3v) is 6.33. The van der Waals surface area contributed by atoms with E-state index in [4.69, 9.17) is 37.7 Å². The van der Waals surface area contributed by atoms with Gasteiger partial charge >= 0.3 is 0 Å². The van der Waals surface area contributed by atoms with Crippen LogP contribution in [0, 0.1) is 0 Å². The van der Waals surface area contributed by atoms with Crippen LogP contribution in [0.4, 0.5) is 0 Å². The highest BCUT2D eigenvalue weighted by atomic mass is 35.5. The van der Waals surface area contributed by atoms with Crippen LogP contribution in [0.25, 0.3) is 10.6 Å². The van der Waals surface area contributed by atoms with Gasteiger partial charge < -0.3 is 9.47 Å². The molecule has 0 aliphatic heterocycles. The van der Waals surface area contributed by atoms with Crippen LogP contribution in [0.15, 0.2) is 41.8 Å². The van der Waals surface area contributed by atoms with Gasteiger partial charge in [0.2, 0.25) is 0 Å². The highest BCUT2D eigenvalue weighted by Gasteiger charge is 2.10. The molecule has 0 saturated heterocycles. The van der Waals surface area contributed by atoms with E-state index in [1.165, 1.54) is 0 Å². The molecule has 0 aliphatic carbocycles. The third-order valence-electron chi connectivity index (χ3n) is 3.78. The van der Waals surface area contributed by atoms with Gasteiger partial charge in [0.1, 0.15) is 5.01 Å². The Balaban J connectivity index is 1.64. The average molecular weight is 440 g/mol. The average Bonchev–Trinajstić information content (AvgIpc) is 3.13. The number of methoxy groups -OCH3 is 1. The fourth-order valence-corrected chi connectivity index (χ4v) is 4.89. The maximum atomic E-state index is 6.23. The molecule has 0 fully saturated rings. The number of thioether (sulfide) groups is 1. The Morgan fingerprint density at radius 1 is 1.07 bits per heavy atom. The molecule has 3 rings (SSSR count). The van der Waals surface area contributed by atoms with Crippen LogP contribution < -0.4 is 9.47 Å². The van der Waals surface area contributed by atoms with Gasteiger partial charge in [-0.05, 0) is 42.8 Å². The van der Waals surface area contributed by atoms with Crippen LogP contribution >= 0.6 is 46.3 Å². The lowest BCUT2D eigenvalue weighted by molar-refractivity contribution is 0.311. The molecule has 142 valence electrons. The van der Waals surface area contributed by atoms with Crippen molar-refractivity contribution in [3.63, 3.8) is 0 Å². The lowest BCUT2D eigenvalue weighted by Gasteiger charge is -2.09. The molecule has 1 aromatic heterocycles. The number of rotatable bonds is 8. The van der Waals surface area contributed by atoms with E-state index in [2.05, 4.69) is 5.38 Å². The zero-order valence-corrected chi connectivity index (χ0v) is 18.1. The zero-order chi connectivity index (χ0) is 19.2. The van der Waals surface area contributed by atoms with Crippen LogP contribution in [0.5, 0.6) is 11.5 Å². The predicted molar refractivity (Wildman–Crippen MR) is 117 cm³/mol. The monoisotopic (exact) mass is 439 g/mol. The first-order valence-electron chi connectivity index (χ1n) is 8.38. The molecule has 0 spiro atoms. The van der Waals surface area contributed by atoms with Gasteiger partial charge in [-0.15, -0.1) is 11.3 Å². The third kappa shape index (κ3) is 5.32. The van der Waals surface area contributed by atoms with E-state index < -0.39 is 0 Å². The highest BCUT2D eigenvalue weighted by Crippen LogP contribution is 2.34. The van der Waals surface area contributed by atoms with E-state index >= 15 is 0 Å².